The zero-order chi connectivity index (χ0) is 13.7. The summed E-state index contributed by atoms with van der Waals surface area (Å²) in [5.41, 5.74) is 2.13. The summed E-state index contributed by atoms with van der Waals surface area (Å²) in [6, 6.07) is 4.00. The van der Waals surface area contributed by atoms with Gasteiger partial charge in [0.2, 0.25) is 0 Å². The second kappa shape index (κ2) is 6.63. The quantitative estimate of drug-likeness (QED) is 0.775. The van der Waals surface area contributed by atoms with Crippen LogP contribution in [0.2, 0.25) is 0 Å². The van der Waals surface area contributed by atoms with Crippen LogP contribution in [0.1, 0.15) is 17.8 Å². The van der Waals surface area contributed by atoms with Gasteiger partial charge in [-0.25, -0.2) is 0 Å². The van der Waals surface area contributed by atoms with E-state index < -0.39 is 0 Å². The van der Waals surface area contributed by atoms with E-state index in [9.17, 15) is 0 Å². The minimum absolute atomic E-state index is 0.910. The number of fused-ring (bicyclic) bond motifs is 1. The summed E-state index contributed by atoms with van der Waals surface area (Å²) in [5.74, 6) is 0.934. The van der Waals surface area contributed by atoms with E-state index >= 15 is 0 Å². The molecule has 1 N–H and O–H groups in total. The monoisotopic (exact) mass is 261 g/mol. The van der Waals surface area contributed by atoms with Gasteiger partial charge in [0.15, 0.2) is 5.65 Å². The van der Waals surface area contributed by atoms with Crippen molar-refractivity contribution in [1.82, 2.24) is 24.8 Å². The molecule has 1 saturated heterocycles. The molecular formula is C14H23N5. The number of hydrogen-bond acceptors (Lipinski definition) is 4. The second-order valence-electron chi connectivity index (χ2n) is 5.09. The van der Waals surface area contributed by atoms with Gasteiger partial charge in [-0.05, 0) is 52.0 Å². The van der Waals surface area contributed by atoms with Crippen LogP contribution in [0.4, 0.5) is 0 Å². The first-order valence-corrected chi connectivity index (χ1v) is 6.84. The highest BCUT2D eigenvalue weighted by Crippen LogP contribution is 2.04. The molecule has 104 valence electrons. The van der Waals surface area contributed by atoms with Crippen molar-refractivity contribution in [2.24, 2.45) is 0 Å². The number of aryl methyl sites for hydroxylation is 2. The Balaban J connectivity index is 0.000000148. The molecule has 0 spiro atoms. The molecule has 19 heavy (non-hydrogen) atoms. The SMILES string of the molecule is CN1CCCNCC1.Cc1ccc2nnc(C)n2c1. The number of hydrogen-bond donors (Lipinski definition) is 1. The first-order valence-electron chi connectivity index (χ1n) is 6.84. The largest absolute Gasteiger partial charge is 0.315 e. The van der Waals surface area contributed by atoms with E-state index in [0.29, 0.717) is 0 Å². The normalized spacial score (nSPS) is 16.8. The van der Waals surface area contributed by atoms with Crippen molar-refractivity contribution in [3.8, 4) is 0 Å². The summed E-state index contributed by atoms with van der Waals surface area (Å²) < 4.78 is 1.98. The Morgan fingerprint density at radius 3 is 2.79 bits per heavy atom. The molecule has 5 heteroatoms. The number of nitrogens with zero attached hydrogens (tertiary/aromatic N) is 4. The molecule has 0 bridgehead atoms. The van der Waals surface area contributed by atoms with E-state index in [4.69, 9.17) is 0 Å². The molecule has 3 rings (SSSR count). The first kappa shape index (κ1) is 14.0. The third-order valence-corrected chi connectivity index (χ3v) is 3.28. The van der Waals surface area contributed by atoms with Crippen LogP contribution in [0.15, 0.2) is 18.3 Å². The minimum atomic E-state index is 0.910. The van der Waals surface area contributed by atoms with Gasteiger partial charge in [-0.2, -0.15) is 0 Å². The summed E-state index contributed by atoms with van der Waals surface area (Å²) in [6.45, 7) is 8.83. The zero-order valence-electron chi connectivity index (χ0n) is 12.1. The van der Waals surface area contributed by atoms with Crippen molar-refractivity contribution in [3.63, 3.8) is 0 Å². The maximum Gasteiger partial charge on any atom is 0.160 e. The fraction of sp³-hybridized carbons (Fsp3) is 0.571. The van der Waals surface area contributed by atoms with Crippen LogP contribution in [-0.4, -0.2) is 52.7 Å². The fourth-order valence-electron chi connectivity index (χ4n) is 2.09. The summed E-state index contributed by atoms with van der Waals surface area (Å²) in [7, 11) is 2.17. The van der Waals surface area contributed by atoms with Crippen molar-refractivity contribution < 1.29 is 0 Å². The lowest BCUT2D eigenvalue weighted by Crippen LogP contribution is -2.23. The third kappa shape index (κ3) is 4.01. The third-order valence-electron chi connectivity index (χ3n) is 3.28. The Bertz CT molecular complexity index is 512. The second-order valence-corrected chi connectivity index (χ2v) is 5.09. The maximum absolute atomic E-state index is 3.97. The van der Waals surface area contributed by atoms with E-state index in [1.807, 2.05) is 29.7 Å². The predicted molar refractivity (Wildman–Crippen MR) is 77.4 cm³/mol. The molecule has 0 atom stereocenters. The van der Waals surface area contributed by atoms with Gasteiger partial charge >= 0.3 is 0 Å². The number of pyridine rings is 1. The van der Waals surface area contributed by atoms with E-state index in [0.717, 1.165) is 18.0 Å². The van der Waals surface area contributed by atoms with Gasteiger partial charge in [0, 0.05) is 19.3 Å². The van der Waals surface area contributed by atoms with Gasteiger partial charge in [0.25, 0.3) is 0 Å². The van der Waals surface area contributed by atoms with Crippen molar-refractivity contribution in [2.45, 2.75) is 20.3 Å². The lowest BCUT2D eigenvalue weighted by atomic mass is 10.3. The first-order chi connectivity index (χ1) is 9.16. The van der Waals surface area contributed by atoms with Crippen molar-refractivity contribution in [3.05, 3.63) is 29.7 Å². The number of rotatable bonds is 0. The number of nitrogens with one attached hydrogen (secondary N) is 1. The van der Waals surface area contributed by atoms with Gasteiger partial charge in [0.1, 0.15) is 5.82 Å². The summed E-state index contributed by atoms with van der Waals surface area (Å²) in [4.78, 5) is 2.36. The van der Waals surface area contributed by atoms with E-state index in [1.165, 1.54) is 31.6 Å². The van der Waals surface area contributed by atoms with E-state index in [2.05, 4.69) is 34.4 Å². The highest BCUT2D eigenvalue weighted by Gasteiger charge is 2.00. The molecule has 0 saturated carbocycles. The van der Waals surface area contributed by atoms with Crippen LogP contribution in [-0.2, 0) is 0 Å². The smallest absolute Gasteiger partial charge is 0.160 e. The summed E-state index contributed by atoms with van der Waals surface area (Å²) in [6.07, 6.45) is 3.33. The van der Waals surface area contributed by atoms with Crippen LogP contribution in [0, 0.1) is 13.8 Å². The molecule has 0 aromatic carbocycles. The molecule has 0 aliphatic carbocycles. The standard InChI is InChI=1S/C8H9N3.C6H14N2/c1-6-3-4-8-10-9-7(2)11(8)5-6;1-8-5-2-3-7-4-6-8/h3-5H,1-2H3;7H,2-6H2,1H3. The number of aromatic nitrogens is 3. The van der Waals surface area contributed by atoms with Gasteiger partial charge in [-0.1, -0.05) is 6.07 Å². The topological polar surface area (TPSA) is 45.5 Å². The molecule has 3 heterocycles. The average Bonchev–Trinajstić information content (AvgIpc) is 2.61. The van der Waals surface area contributed by atoms with Crippen LogP contribution in [0.3, 0.4) is 0 Å². The predicted octanol–water partition coefficient (Wildman–Crippen LogP) is 1.26. The molecule has 0 unspecified atom stereocenters. The number of likely N-dealkylation sites (N-methyl/N-ethyl adjacent to an activating group) is 1. The lowest BCUT2D eigenvalue weighted by Gasteiger charge is -2.09. The Morgan fingerprint density at radius 1 is 1.11 bits per heavy atom. The van der Waals surface area contributed by atoms with Crippen LogP contribution < -0.4 is 5.32 Å². The maximum atomic E-state index is 3.97. The van der Waals surface area contributed by atoms with Crippen LogP contribution in [0.5, 0.6) is 0 Å². The van der Waals surface area contributed by atoms with Gasteiger partial charge in [-0.15, -0.1) is 10.2 Å². The molecule has 0 amide bonds. The molecule has 0 radical (unpaired) electrons. The summed E-state index contributed by atoms with van der Waals surface area (Å²) >= 11 is 0. The van der Waals surface area contributed by atoms with Crippen molar-refractivity contribution in [1.29, 1.82) is 0 Å². The average molecular weight is 261 g/mol. The van der Waals surface area contributed by atoms with Crippen LogP contribution in [0.25, 0.3) is 5.65 Å². The lowest BCUT2D eigenvalue weighted by molar-refractivity contribution is 0.358. The molecule has 1 fully saturated rings. The van der Waals surface area contributed by atoms with E-state index in [1.54, 1.807) is 0 Å². The van der Waals surface area contributed by atoms with Gasteiger partial charge in [-0.3, -0.25) is 4.40 Å². The molecule has 5 nitrogen and oxygen atoms in total. The Kier molecular flexibility index (Phi) is 4.87. The Labute approximate surface area is 114 Å². The summed E-state index contributed by atoms with van der Waals surface area (Å²) in [5, 5.41) is 11.3. The highest BCUT2D eigenvalue weighted by molar-refractivity contribution is 5.38. The molecule has 1 aliphatic heterocycles. The Hall–Kier alpha value is -1.46. The zero-order valence-corrected chi connectivity index (χ0v) is 12.1. The molecule has 1 aliphatic rings. The van der Waals surface area contributed by atoms with E-state index in [-0.39, 0.29) is 0 Å². The van der Waals surface area contributed by atoms with Crippen molar-refractivity contribution in [2.75, 3.05) is 33.2 Å². The fourth-order valence-corrected chi connectivity index (χ4v) is 2.09. The molecule has 2 aromatic rings. The van der Waals surface area contributed by atoms with Gasteiger partial charge < -0.3 is 10.2 Å². The van der Waals surface area contributed by atoms with Gasteiger partial charge in [0.05, 0.1) is 0 Å². The van der Waals surface area contributed by atoms with Crippen molar-refractivity contribution >= 4 is 5.65 Å². The molecular weight excluding hydrogens is 238 g/mol. The Morgan fingerprint density at radius 2 is 1.95 bits per heavy atom. The highest BCUT2D eigenvalue weighted by atomic mass is 15.2. The minimum Gasteiger partial charge on any atom is -0.315 e. The van der Waals surface area contributed by atoms with Crippen LogP contribution >= 0.6 is 0 Å². The molecule has 2 aromatic heterocycles.